The molecule has 0 aliphatic carbocycles. The molecule has 0 aromatic heterocycles. The van der Waals surface area contributed by atoms with Gasteiger partial charge in [-0.15, -0.1) is 0 Å². The summed E-state index contributed by atoms with van der Waals surface area (Å²) in [6.45, 7) is 0.385. The molecule has 0 radical (unpaired) electrons. The van der Waals surface area contributed by atoms with Crippen molar-refractivity contribution in [2.75, 3.05) is 26.6 Å². The van der Waals surface area contributed by atoms with Crippen LogP contribution in [-0.4, -0.2) is 32.1 Å². The molecular formula is C25H25F3N2O3. The van der Waals surface area contributed by atoms with Crippen LogP contribution in [0.4, 0.5) is 18.9 Å². The molecule has 1 N–H and O–H groups in total. The number of likely N-dealkylation sites (N-methyl/N-ethyl adjacent to an activating group) is 1. The summed E-state index contributed by atoms with van der Waals surface area (Å²) in [4.78, 5) is 15.1. The average molecular weight is 458 g/mol. The molecule has 33 heavy (non-hydrogen) atoms. The number of benzene rings is 3. The Morgan fingerprint density at radius 3 is 2.27 bits per heavy atom. The molecule has 0 spiro atoms. The first-order valence-electron chi connectivity index (χ1n) is 10.2. The summed E-state index contributed by atoms with van der Waals surface area (Å²) in [6.07, 6.45) is -4.50. The lowest BCUT2D eigenvalue weighted by atomic mass is 10.0. The minimum atomic E-state index is -4.50. The number of methoxy groups -OCH3 is 2. The fourth-order valence-corrected chi connectivity index (χ4v) is 3.58. The number of carbonyl (C=O) groups is 1. The third kappa shape index (κ3) is 6.04. The van der Waals surface area contributed by atoms with Gasteiger partial charge >= 0.3 is 6.18 Å². The molecule has 0 saturated heterocycles. The smallest absolute Gasteiger partial charge is 0.416 e. The number of alkyl halides is 3. The number of hydrogen-bond acceptors (Lipinski definition) is 4. The van der Waals surface area contributed by atoms with Gasteiger partial charge in [0, 0.05) is 12.2 Å². The van der Waals surface area contributed by atoms with E-state index in [-0.39, 0.29) is 5.69 Å². The Kier molecular flexibility index (Phi) is 7.60. The third-order valence-electron chi connectivity index (χ3n) is 5.14. The Labute approximate surface area is 190 Å². The largest absolute Gasteiger partial charge is 0.493 e. The van der Waals surface area contributed by atoms with Crippen LogP contribution in [0.15, 0.2) is 72.8 Å². The number of anilines is 1. The number of amides is 1. The van der Waals surface area contributed by atoms with Gasteiger partial charge in [-0.05, 0) is 48.5 Å². The minimum absolute atomic E-state index is 0.0790. The van der Waals surface area contributed by atoms with Crippen LogP contribution < -0.4 is 14.8 Å². The van der Waals surface area contributed by atoms with Gasteiger partial charge in [0.15, 0.2) is 11.5 Å². The lowest BCUT2D eigenvalue weighted by Crippen LogP contribution is -2.34. The van der Waals surface area contributed by atoms with Gasteiger partial charge in [-0.3, -0.25) is 9.69 Å². The number of rotatable bonds is 8. The highest BCUT2D eigenvalue weighted by atomic mass is 19.4. The first-order valence-corrected chi connectivity index (χ1v) is 10.2. The number of carbonyl (C=O) groups excluding carboxylic acids is 1. The van der Waals surface area contributed by atoms with Crippen molar-refractivity contribution in [3.63, 3.8) is 0 Å². The fourth-order valence-electron chi connectivity index (χ4n) is 3.58. The highest BCUT2D eigenvalue weighted by molar-refractivity contribution is 5.95. The summed E-state index contributed by atoms with van der Waals surface area (Å²) in [5.41, 5.74) is 0.846. The summed E-state index contributed by atoms with van der Waals surface area (Å²) in [7, 11) is 4.87. The van der Waals surface area contributed by atoms with Crippen LogP contribution in [0, 0.1) is 0 Å². The minimum Gasteiger partial charge on any atom is -0.493 e. The van der Waals surface area contributed by atoms with Gasteiger partial charge < -0.3 is 14.8 Å². The maximum absolute atomic E-state index is 13.3. The van der Waals surface area contributed by atoms with Gasteiger partial charge in [0.25, 0.3) is 0 Å². The van der Waals surface area contributed by atoms with Crippen molar-refractivity contribution >= 4 is 11.6 Å². The molecule has 1 amide bonds. The quantitative estimate of drug-likeness (QED) is 0.482. The van der Waals surface area contributed by atoms with Gasteiger partial charge in [-0.2, -0.15) is 13.2 Å². The zero-order chi connectivity index (χ0) is 24.0. The van der Waals surface area contributed by atoms with E-state index >= 15 is 0 Å². The van der Waals surface area contributed by atoms with E-state index in [0.717, 1.165) is 17.7 Å². The summed E-state index contributed by atoms with van der Waals surface area (Å²) >= 11 is 0. The van der Waals surface area contributed by atoms with E-state index in [1.165, 1.54) is 12.1 Å². The summed E-state index contributed by atoms with van der Waals surface area (Å²) in [6, 6.07) is 18.4. The lowest BCUT2D eigenvalue weighted by molar-refractivity contribution is -0.137. The molecule has 0 aliphatic heterocycles. The zero-order valence-corrected chi connectivity index (χ0v) is 18.5. The molecule has 0 heterocycles. The summed E-state index contributed by atoms with van der Waals surface area (Å²) in [5.74, 6) is 0.711. The van der Waals surface area contributed by atoms with Gasteiger partial charge in [-0.1, -0.05) is 42.5 Å². The van der Waals surface area contributed by atoms with E-state index in [1.54, 1.807) is 27.3 Å². The fraction of sp³-hybridized carbons (Fsp3) is 0.240. The van der Waals surface area contributed by atoms with Crippen LogP contribution in [0.25, 0.3) is 0 Å². The molecular weight excluding hydrogens is 433 g/mol. The Morgan fingerprint density at radius 2 is 1.64 bits per heavy atom. The Hall–Kier alpha value is -3.52. The summed E-state index contributed by atoms with van der Waals surface area (Å²) < 4.78 is 49.8. The predicted molar refractivity (Wildman–Crippen MR) is 120 cm³/mol. The van der Waals surface area contributed by atoms with E-state index in [1.807, 2.05) is 47.4 Å². The van der Waals surface area contributed by atoms with Crippen molar-refractivity contribution in [3.8, 4) is 11.5 Å². The van der Waals surface area contributed by atoms with Crippen LogP contribution in [0.5, 0.6) is 11.5 Å². The van der Waals surface area contributed by atoms with Crippen molar-refractivity contribution in [1.82, 2.24) is 4.90 Å². The number of nitrogens with one attached hydrogen (secondary N) is 1. The second-order valence-electron chi connectivity index (χ2n) is 7.49. The highest BCUT2D eigenvalue weighted by Gasteiger charge is 2.31. The van der Waals surface area contributed by atoms with Crippen LogP contribution in [0.3, 0.4) is 0 Å². The van der Waals surface area contributed by atoms with Gasteiger partial charge in [0.05, 0.1) is 19.8 Å². The SMILES string of the molecule is COc1ccc(CN(C)[C@H](C(=O)Nc2cccc(C(F)(F)F)c2)c2ccccc2)cc1OC. The van der Waals surface area contributed by atoms with E-state index in [0.29, 0.717) is 23.6 Å². The van der Waals surface area contributed by atoms with Crippen molar-refractivity contribution in [2.24, 2.45) is 0 Å². The molecule has 0 aliphatic rings. The van der Waals surface area contributed by atoms with Crippen LogP contribution in [0.1, 0.15) is 22.7 Å². The average Bonchev–Trinajstić information content (AvgIpc) is 2.79. The molecule has 0 fully saturated rings. The van der Waals surface area contributed by atoms with Crippen LogP contribution in [0.2, 0.25) is 0 Å². The maximum atomic E-state index is 13.3. The molecule has 3 aromatic carbocycles. The zero-order valence-electron chi connectivity index (χ0n) is 18.5. The first kappa shape index (κ1) is 24.1. The molecule has 0 bridgehead atoms. The molecule has 0 saturated carbocycles. The molecule has 0 unspecified atom stereocenters. The van der Waals surface area contributed by atoms with Crippen molar-refractivity contribution in [2.45, 2.75) is 18.8 Å². The highest BCUT2D eigenvalue weighted by Crippen LogP contribution is 2.32. The van der Waals surface area contributed by atoms with Crippen LogP contribution >= 0.6 is 0 Å². The van der Waals surface area contributed by atoms with E-state index < -0.39 is 23.7 Å². The molecule has 3 aromatic rings. The number of nitrogens with zero attached hydrogens (tertiary/aromatic N) is 1. The van der Waals surface area contributed by atoms with E-state index in [2.05, 4.69) is 5.32 Å². The second kappa shape index (κ2) is 10.4. The van der Waals surface area contributed by atoms with E-state index in [9.17, 15) is 18.0 Å². The second-order valence-corrected chi connectivity index (χ2v) is 7.49. The molecule has 3 rings (SSSR count). The van der Waals surface area contributed by atoms with Gasteiger partial charge in [0.2, 0.25) is 5.91 Å². The molecule has 1 atom stereocenters. The van der Waals surface area contributed by atoms with Gasteiger partial charge in [0.1, 0.15) is 6.04 Å². The predicted octanol–water partition coefficient (Wildman–Crippen LogP) is 5.53. The number of hydrogen-bond donors (Lipinski definition) is 1. The van der Waals surface area contributed by atoms with Crippen molar-refractivity contribution < 1.29 is 27.4 Å². The first-order chi connectivity index (χ1) is 15.7. The molecule has 8 heteroatoms. The van der Waals surface area contributed by atoms with Crippen molar-refractivity contribution in [1.29, 1.82) is 0 Å². The number of ether oxygens (including phenoxy) is 2. The Balaban J connectivity index is 1.87. The monoisotopic (exact) mass is 458 g/mol. The normalized spacial score (nSPS) is 12.3. The third-order valence-corrected chi connectivity index (χ3v) is 5.14. The molecule has 174 valence electrons. The summed E-state index contributed by atoms with van der Waals surface area (Å²) in [5, 5.41) is 2.64. The lowest BCUT2D eigenvalue weighted by Gasteiger charge is -2.28. The topological polar surface area (TPSA) is 50.8 Å². The van der Waals surface area contributed by atoms with Gasteiger partial charge in [-0.25, -0.2) is 0 Å². The number of halogens is 3. The van der Waals surface area contributed by atoms with Crippen molar-refractivity contribution in [3.05, 3.63) is 89.5 Å². The Bertz CT molecular complexity index is 1090. The Morgan fingerprint density at radius 1 is 0.939 bits per heavy atom. The maximum Gasteiger partial charge on any atom is 0.416 e. The van der Waals surface area contributed by atoms with E-state index in [4.69, 9.17) is 9.47 Å². The van der Waals surface area contributed by atoms with Crippen LogP contribution in [-0.2, 0) is 17.5 Å². The standard InChI is InChI=1S/C25H25F3N2O3/c1-30(16-17-12-13-21(32-2)22(14-17)33-3)23(18-8-5-4-6-9-18)24(31)29-20-11-7-10-19(15-20)25(26,27)28/h4-15,23H,16H2,1-3H3,(H,29,31)/t23-/m0/s1. The molecule has 5 nitrogen and oxygen atoms in total.